The maximum atomic E-state index is 12.5. The predicted molar refractivity (Wildman–Crippen MR) is 91.9 cm³/mol. The molecule has 0 aromatic rings. The molecular weight excluding hydrogens is 338 g/mol. The summed E-state index contributed by atoms with van der Waals surface area (Å²) in [5, 5.41) is 2.72. The van der Waals surface area contributed by atoms with Crippen molar-refractivity contribution in [3.8, 4) is 0 Å². The summed E-state index contributed by atoms with van der Waals surface area (Å²) in [4.78, 5) is 51.5. The summed E-state index contributed by atoms with van der Waals surface area (Å²) in [6.07, 6.45) is 4.05. The van der Waals surface area contributed by atoms with Gasteiger partial charge in [0.2, 0.25) is 0 Å². The summed E-state index contributed by atoms with van der Waals surface area (Å²) in [5.41, 5.74) is -0.840. The molecule has 2 saturated heterocycles. The average molecular weight is 365 g/mol. The lowest BCUT2D eigenvalue weighted by Gasteiger charge is -2.34. The number of urea groups is 1. The molecule has 26 heavy (non-hydrogen) atoms. The molecule has 8 heteroatoms. The van der Waals surface area contributed by atoms with Crippen molar-refractivity contribution >= 4 is 23.8 Å². The Bertz CT molecular complexity index is 604. The molecule has 3 fully saturated rings. The fourth-order valence-electron chi connectivity index (χ4n) is 4.41. The smallest absolute Gasteiger partial charge is 0.326 e. The van der Waals surface area contributed by atoms with Gasteiger partial charge in [0, 0.05) is 13.1 Å². The van der Waals surface area contributed by atoms with Crippen molar-refractivity contribution in [3.63, 3.8) is 0 Å². The van der Waals surface area contributed by atoms with E-state index in [1.54, 1.807) is 4.90 Å². The van der Waals surface area contributed by atoms with Gasteiger partial charge < -0.3 is 15.0 Å². The van der Waals surface area contributed by atoms with Gasteiger partial charge in [-0.15, -0.1) is 0 Å². The number of rotatable bonds is 4. The second kappa shape index (κ2) is 7.25. The zero-order valence-electron chi connectivity index (χ0n) is 15.5. The Kier molecular flexibility index (Phi) is 5.20. The molecule has 1 N–H and O–H groups in total. The van der Waals surface area contributed by atoms with E-state index in [4.69, 9.17) is 4.74 Å². The molecule has 0 radical (unpaired) electrons. The molecule has 3 aliphatic rings. The Morgan fingerprint density at radius 3 is 2.38 bits per heavy atom. The summed E-state index contributed by atoms with van der Waals surface area (Å²) in [6, 6.07) is -0.557. The van der Waals surface area contributed by atoms with Gasteiger partial charge in [-0.2, -0.15) is 0 Å². The highest BCUT2D eigenvalue weighted by Gasteiger charge is 2.52. The van der Waals surface area contributed by atoms with Crippen LogP contribution in [0.15, 0.2) is 0 Å². The first kappa shape index (κ1) is 18.7. The van der Waals surface area contributed by atoms with Gasteiger partial charge in [0.15, 0.2) is 6.61 Å². The third-order valence-electron chi connectivity index (χ3n) is 5.57. The molecule has 2 heterocycles. The minimum absolute atomic E-state index is 0.235. The summed E-state index contributed by atoms with van der Waals surface area (Å²) in [7, 11) is 0. The lowest BCUT2D eigenvalue weighted by molar-refractivity contribution is -0.154. The van der Waals surface area contributed by atoms with Crippen LogP contribution in [0.5, 0.6) is 0 Å². The first-order chi connectivity index (χ1) is 12.3. The Labute approximate surface area is 153 Å². The molecule has 1 aliphatic carbocycles. The van der Waals surface area contributed by atoms with Crippen molar-refractivity contribution in [2.24, 2.45) is 11.8 Å². The van der Waals surface area contributed by atoms with E-state index in [0.29, 0.717) is 37.8 Å². The maximum Gasteiger partial charge on any atom is 0.326 e. The second-order valence-electron chi connectivity index (χ2n) is 8.02. The largest absolute Gasteiger partial charge is 0.454 e. The van der Waals surface area contributed by atoms with Crippen LogP contribution in [0.2, 0.25) is 0 Å². The van der Waals surface area contributed by atoms with Gasteiger partial charge in [0.05, 0.1) is 0 Å². The number of likely N-dealkylation sites (tertiary alicyclic amines) is 1. The third kappa shape index (κ3) is 3.68. The number of carbonyl (C=O) groups excluding carboxylic acids is 4. The summed E-state index contributed by atoms with van der Waals surface area (Å²) >= 11 is 0. The Hall–Kier alpha value is -2.12. The van der Waals surface area contributed by atoms with Crippen molar-refractivity contribution in [3.05, 3.63) is 0 Å². The minimum Gasteiger partial charge on any atom is -0.454 e. The van der Waals surface area contributed by atoms with Crippen LogP contribution in [0.25, 0.3) is 0 Å². The normalized spacial score (nSPS) is 27.8. The predicted octanol–water partition coefficient (Wildman–Crippen LogP) is 0.899. The molecule has 0 unspecified atom stereocenters. The Morgan fingerprint density at radius 2 is 1.77 bits per heavy atom. The number of nitrogens with zero attached hydrogens (tertiary/aromatic N) is 2. The quantitative estimate of drug-likeness (QED) is 0.590. The maximum absolute atomic E-state index is 12.5. The molecule has 0 aromatic carbocycles. The fourth-order valence-corrected chi connectivity index (χ4v) is 4.41. The molecule has 1 spiro atoms. The van der Waals surface area contributed by atoms with E-state index in [9.17, 15) is 19.2 Å². The summed E-state index contributed by atoms with van der Waals surface area (Å²) < 4.78 is 5.03. The third-order valence-corrected chi connectivity index (χ3v) is 5.57. The number of hydrogen-bond acceptors (Lipinski definition) is 5. The monoisotopic (exact) mass is 365 g/mol. The zero-order chi connectivity index (χ0) is 18.9. The van der Waals surface area contributed by atoms with Crippen molar-refractivity contribution in [1.82, 2.24) is 15.1 Å². The topological polar surface area (TPSA) is 96.0 Å². The van der Waals surface area contributed by atoms with E-state index in [1.165, 1.54) is 0 Å². The number of carbonyl (C=O) groups is 4. The summed E-state index contributed by atoms with van der Waals surface area (Å²) in [6.45, 7) is 4.71. The van der Waals surface area contributed by atoms with Crippen LogP contribution in [0, 0.1) is 11.8 Å². The number of piperidine rings is 1. The van der Waals surface area contributed by atoms with Crippen LogP contribution < -0.4 is 5.32 Å². The van der Waals surface area contributed by atoms with Gasteiger partial charge >= 0.3 is 12.0 Å². The number of hydrogen-bond donors (Lipinski definition) is 1. The van der Waals surface area contributed by atoms with Crippen molar-refractivity contribution in [1.29, 1.82) is 0 Å². The van der Waals surface area contributed by atoms with Crippen LogP contribution >= 0.6 is 0 Å². The van der Waals surface area contributed by atoms with Gasteiger partial charge in [-0.05, 0) is 31.1 Å². The number of nitrogens with one attached hydrogen (secondary N) is 1. The van der Waals surface area contributed by atoms with Gasteiger partial charge in [0.25, 0.3) is 11.8 Å². The van der Waals surface area contributed by atoms with Gasteiger partial charge in [-0.25, -0.2) is 4.79 Å². The lowest BCUT2D eigenvalue weighted by atomic mass is 9.92. The highest BCUT2D eigenvalue weighted by atomic mass is 16.5. The molecule has 144 valence electrons. The molecule has 8 nitrogen and oxygen atoms in total. The molecule has 4 amide bonds. The SMILES string of the molecule is C[C@@H]1C[C@@H](C)CN(C(=O)COC(=O)CN2C(=O)NC3(CCCC3)C2=O)C1. The van der Waals surface area contributed by atoms with Crippen molar-refractivity contribution < 1.29 is 23.9 Å². The summed E-state index contributed by atoms with van der Waals surface area (Å²) in [5.74, 6) is -0.489. The van der Waals surface area contributed by atoms with E-state index in [0.717, 1.165) is 24.2 Å². The highest BCUT2D eigenvalue weighted by molar-refractivity contribution is 6.08. The number of esters is 1. The number of amides is 4. The van der Waals surface area contributed by atoms with Crippen molar-refractivity contribution in [2.45, 2.75) is 51.5 Å². The van der Waals surface area contributed by atoms with E-state index in [2.05, 4.69) is 19.2 Å². The number of ether oxygens (including phenoxy) is 1. The zero-order valence-corrected chi connectivity index (χ0v) is 15.5. The van der Waals surface area contributed by atoms with Gasteiger partial charge in [-0.3, -0.25) is 19.3 Å². The second-order valence-corrected chi connectivity index (χ2v) is 8.02. The van der Waals surface area contributed by atoms with E-state index < -0.39 is 24.1 Å². The van der Waals surface area contributed by atoms with Crippen LogP contribution in [-0.4, -0.2) is 65.4 Å². The first-order valence-corrected chi connectivity index (χ1v) is 9.38. The van der Waals surface area contributed by atoms with Gasteiger partial charge in [0.1, 0.15) is 12.1 Å². The number of imide groups is 1. The van der Waals surface area contributed by atoms with E-state index >= 15 is 0 Å². The van der Waals surface area contributed by atoms with E-state index in [1.807, 2.05) is 0 Å². The molecule has 1 saturated carbocycles. The lowest BCUT2D eigenvalue weighted by Crippen LogP contribution is -2.45. The minimum atomic E-state index is -0.840. The van der Waals surface area contributed by atoms with Crippen molar-refractivity contribution in [2.75, 3.05) is 26.2 Å². The molecule has 2 aliphatic heterocycles. The average Bonchev–Trinajstić information content (AvgIpc) is 3.13. The van der Waals surface area contributed by atoms with E-state index in [-0.39, 0.29) is 18.4 Å². The Balaban J connectivity index is 1.49. The van der Waals surface area contributed by atoms with Crippen LogP contribution in [0.4, 0.5) is 4.79 Å². The fraction of sp³-hybridized carbons (Fsp3) is 0.778. The highest BCUT2D eigenvalue weighted by Crippen LogP contribution is 2.34. The van der Waals surface area contributed by atoms with Crippen LogP contribution in [-0.2, 0) is 19.1 Å². The van der Waals surface area contributed by atoms with Crippen LogP contribution in [0.1, 0.15) is 46.0 Å². The molecule has 3 rings (SSSR count). The first-order valence-electron chi connectivity index (χ1n) is 9.38. The van der Waals surface area contributed by atoms with Crippen LogP contribution in [0.3, 0.4) is 0 Å². The molecular formula is C18H27N3O5. The molecule has 0 bridgehead atoms. The standard InChI is InChI=1S/C18H27N3O5/c1-12-7-13(2)9-20(8-12)14(22)11-26-15(23)10-21-16(24)18(19-17(21)25)5-3-4-6-18/h12-13H,3-11H2,1-2H3,(H,19,25)/t12-,13-/m1/s1. The molecule has 2 atom stereocenters. The Morgan fingerprint density at radius 1 is 1.15 bits per heavy atom. The van der Waals surface area contributed by atoms with Gasteiger partial charge in [-0.1, -0.05) is 26.7 Å². The molecule has 0 aromatic heterocycles.